The largest absolute Gasteiger partial charge is 0.494 e. The van der Waals surface area contributed by atoms with Crippen LogP contribution in [-0.2, 0) is 9.53 Å². The lowest BCUT2D eigenvalue weighted by Gasteiger charge is -2.08. The van der Waals surface area contributed by atoms with Gasteiger partial charge in [-0.05, 0) is 25.5 Å². The van der Waals surface area contributed by atoms with Crippen molar-refractivity contribution in [2.24, 2.45) is 0 Å². The summed E-state index contributed by atoms with van der Waals surface area (Å²) in [6.07, 6.45) is 2.05. The molecule has 0 atom stereocenters. The molecule has 0 aliphatic heterocycles. The first-order valence-corrected chi connectivity index (χ1v) is 7.15. The minimum absolute atomic E-state index is 0.145. The minimum atomic E-state index is 0.145. The molecule has 1 aromatic rings. The van der Waals surface area contributed by atoms with Crippen LogP contribution < -0.4 is 0 Å². The molecule has 21 heavy (non-hydrogen) atoms. The zero-order chi connectivity index (χ0) is 15.7. The summed E-state index contributed by atoms with van der Waals surface area (Å²) in [6.45, 7) is 6.43. The summed E-state index contributed by atoms with van der Waals surface area (Å²) < 4.78 is 5.39. The highest BCUT2D eigenvalue weighted by molar-refractivity contribution is 5.75. The summed E-state index contributed by atoms with van der Waals surface area (Å²) >= 11 is 0. The van der Waals surface area contributed by atoms with Gasteiger partial charge in [0.2, 0.25) is 5.91 Å². The van der Waals surface area contributed by atoms with E-state index in [1.165, 1.54) is 0 Å². The predicted octanol–water partition coefficient (Wildman–Crippen LogP) is 3.30. The number of nitrogens with zero attached hydrogens (tertiary/aromatic N) is 1. The molecule has 1 aromatic carbocycles. The summed E-state index contributed by atoms with van der Waals surface area (Å²) in [5.74, 6) is 7.03. The molecule has 0 spiro atoms. The van der Waals surface area contributed by atoms with Gasteiger partial charge in [-0.1, -0.05) is 30.6 Å². The lowest BCUT2D eigenvalue weighted by molar-refractivity contribution is -0.128. The maximum atomic E-state index is 11.4. The molecule has 0 saturated carbocycles. The molecule has 0 bridgehead atoms. The Morgan fingerprint density at radius 2 is 2.14 bits per heavy atom. The third-order valence-corrected chi connectivity index (χ3v) is 2.93. The Morgan fingerprint density at radius 1 is 1.38 bits per heavy atom. The molecule has 3 nitrogen and oxygen atoms in total. The molecule has 0 N–H and O–H groups in total. The number of rotatable bonds is 6. The van der Waals surface area contributed by atoms with E-state index >= 15 is 0 Å². The Hall–Kier alpha value is -2.21. The quantitative estimate of drug-likeness (QED) is 0.456. The van der Waals surface area contributed by atoms with Gasteiger partial charge in [-0.15, -0.1) is 0 Å². The van der Waals surface area contributed by atoms with Crippen LogP contribution in [0.2, 0.25) is 0 Å². The highest BCUT2D eigenvalue weighted by atomic mass is 16.5. The van der Waals surface area contributed by atoms with E-state index in [0.29, 0.717) is 18.8 Å². The van der Waals surface area contributed by atoms with Crippen LogP contribution in [0.1, 0.15) is 37.3 Å². The molecule has 0 aromatic heterocycles. The second-order valence-corrected chi connectivity index (χ2v) is 4.88. The predicted molar refractivity (Wildman–Crippen MR) is 86.5 cm³/mol. The molecule has 0 aliphatic carbocycles. The van der Waals surface area contributed by atoms with E-state index in [4.69, 9.17) is 4.74 Å². The first-order valence-electron chi connectivity index (χ1n) is 7.15. The topological polar surface area (TPSA) is 29.5 Å². The third kappa shape index (κ3) is 6.18. The monoisotopic (exact) mass is 285 g/mol. The zero-order valence-electron chi connectivity index (χ0n) is 13.1. The van der Waals surface area contributed by atoms with E-state index in [2.05, 4.69) is 18.4 Å². The van der Waals surface area contributed by atoms with Crippen molar-refractivity contribution in [3.63, 3.8) is 0 Å². The highest BCUT2D eigenvalue weighted by Gasteiger charge is 2.02. The Balaban J connectivity index is 2.52. The summed E-state index contributed by atoms with van der Waals surface area (Å²) in [5, 5.41) is 0. The van der Waals surface area contributed by atoms with Crippen LogP contribution >= 0.6 is 0 Å². The van der Waals surface area contributed by atoms with Crippen LogP contribution in [-0.4, -0.2) is 31.5 Å². The van der Waals surface area contributed by atoms with Gasteiger partial charge in [0.05, 0.1) is 6.61 Å². The van der Waals surface area contributed by atoms with Crippen molar-refractivity contribution in [3.05, 3.63) is 42.0 Å². The lowest BCUT2D eigenvalue weighted by Crippen LogP contribution is -2.20. The molecule has 1 amide bonds. The normalized spacial score (nSPS) is 9.48. The summed E-state index contributed by atoms with van der Waals surface area (Å²) in [7, 11) is 3.54. The van der Waals surface area contributed by atoms with Crippen molar-refractivity contribution >= 4 is 11.7 Å². The first kappa shape index (κ1) is 16.8. The van der Waals surface area contributed by atoms with Gasteiger partial charge >= 0.3 is 0 Å². The molecule has 0 radical (unpaired) electrons. The van der Waals surface area contributed by atoms with Gasteiger partial charge in [-0.3, -0.25) is 4.79 Å². The van der Waals surface area contributed by atoms with E-state index in [9.17, 15) is 4.79 Å². The van der Waals surface area contributed by atoms with E-state index in [0.717, 1.165) is 24.0 Å². The smallest absolute Gasteiger partial charge is 0.222 e. The summed E-state index contributed by atoms with van der Waals surface area (Å²) in [4.78, 5) is 13.0. The van der Waals surface area contributed by atoms with Crippen LogP contribution in [0.25, 0.3) is 5.76 Å². The Morgan fingerprint density at radius 3 is 2.81 bits per heavy atom. The summed E-state index contributed by atoms with van der Waals surface area (Å²) in [5.41, 5.74) is 1.89. The number of amides is 1. The third-order valence-electron chi connectivity index (χ3n) is 2.93. The second kappa shape index (κ2) is 8.86. The molecule has 0 unspecified atom stereocenters. The molecule has 0 heterocycles. The van der Waals surface area contributed by atoms with E-state index in [1.54, 1.807) is 19.0 Å². The number of ether oxygens (including phenoxy) is 1. The fraction of sp³-hybridized carbons (Fsp3) is 0.389. The van der Waals surface area contributed by atoms with Gasteiger partial charge in [0.1, 0.15) is 5.76 Å². The standard InChI is InChI=1S/C18H23NO2/c1-5-21-15(2)17-12-9-11-16(14-17)10-7-6-8-13-18(20)19(3)4/h9,11-12,14H,2,5-6,8,13H2,1,3-4H3. The van der Waals surface area contributed by atoms with Crippen molar-refractivity contribution in [2.45, 2.75) is 26.2 Å². The Labute approximate surface area is 127 Å². The first-order chi connectivity index (χ1) is 10.0. The van der Waals surface area contributed by atoms with Crippen LogP contribution in [0.15, 0.2) is 30.8 Å². The zero-order valence-corrected chi connectivity index (χ0v) is 13.1. The maximum absolute atomic E-state index is 11.4. The van der Waals surface area contributed by atoms with Gasteiger partial charge in [0.25, 0.3) is 0 Å². The lowest BCUT2D eigenvalue weighted by atomic mass is 10.1. The number of benzene rings is 1. The van der Waals surface area contributed by atoms with Crippen molar-refractivity contribution in [3.8, 4) is 11.8 Å². The highest BCUT2D eigenvalue weighted by Crippen LogP contribution is 2.14. The maximum Gasteiger partial charge on any atom is 0.222 e. The van der Waals surface area contributed by atoms with Gasteiger partial charge in [0, 0.05) is 38.1 Å². The van der Waals surface area contributed by atoms with Crippen molar-refractivity contribution in [1.29, 1.82) is 0 Å². The average molecular weight is 285 g/mol. The van der Waals surface area contributed by atoms with Gasteiger partial charge < -0.3 is 9.64 Å². The number of hydrogen-bond donors (Lipinski definition) is 0. The number of hydrogen-bond acceptors (Lipinski definition) is 2. The number of carbonyl (C=O) groups is 1. The number of unbranched alkanes of at least 4 members (excludes halogenated alkanes) is 1. The minimum Gasteiger partial charge on any atom is -0.494 e. The van der Waals surface area contributed by atoms with Gasteiger partial charge in [0.15, 0.2) is 0 Å². The van der Waals surface area contributed by atoms with Crippen LogP contribution in [0.5, 0.6) is 0 Å². The second-order valence-electron chi connectivity index (χ2n) is 4.88. The average Bonchev–Trinajstić information content (AvgIpc) is 2.47. The Kier molecular flexibility index (Phi) is 7.11. The van der Waals surface area contributed by atoms with Gasteiger partial charge in [-0.2, -0.15) is 0 Å². The van der Waals surface area contributed by atoms with Crippen LogP contribution in [0.4, 0.5) is 0 Å². The molecule has 0 aliphatic rings. The molecule has 112 valence electrons. The van der Waals surface area contributed by atoms with Crippen LogP contribution in [0, 0.1) is 11.8 Å². The van der Waals surface area contributed by atoms with E-state index < -0.39 is 0 Å². The van der Waals surface area contributed by atoms with Crippen molar-refractivity contribution in [1.82, 2.24) is 4.90 Å². The van der Waals surface area contributed by atoms with Crippen LogP contribution in [0.3, 0.4) is 0 Å². The SMILES string of the molecule is C=C(OCC)c1cccc(C#CCCCC(=O)N(C)C)c1. The number of carbonyl (C=O) groups excluding carboxylic acids is 1. The fourth-order valence-corrected chi connectivity index (χ4v) is 1.74. The molecule has 0 saturated heterocycles. The van der Waals surface area contributed by atoms with E-state index in [-0.39, 0.29) is 5.91 Å². The molecular formula is C18H23NO2. The molecule has 0 fully saturated rings. The summed E-state index contributed by atoms with van der Waals surface area (Å²) in [6, 6.07) is 7.83. The van der Waals surface area contributed by atoms with E-state index in [1.807, 2.05) is 31.2 Å². The molecule has 3 heteroatoms. The van der Waals surface area contributed by atoms with Crippen molar-refractivity contribution in [2.75, 3.05) is 20.7 Å². The molecule has 1 rings (SSSR count). The molecular weight excluding hydrogens is 262 g/mol. The van der Waals surface area contributed by atoms with Gasteiger partial charge in [-0.25, -0.2) is 0 Å². The van der Waals surface area contributed by atoms with Crippen molar-refractivity contribution < 1.29 is 9.53 Å². The Bertz CT molecular complexity index is 550. The fourth-order valence-electron chi connectivity index (χ4n) is 1.74.